The van der Waals surface area contributed by atoms with Gasteiger partial charge in [0.25, 0.3) is 0 Å². The van der Waals surface area contributed by atoms with E-state index in [0.29, 0.717) is 5.92 Å². The Morgan fingerprint density at radius 2 is 1.83 bits per heavy atom. The minimum atomic E-state index is -4.30. The fraction of sp³-hybridized carbons (Fsp3) is 0.923. The standard InChI is InChI=1S/C13H22F3NO/c1-2-17(10-13(14,15)16)12(18)9-8-11-6-4-3-5-7-11/h11H,2-10H2,1H3. The van der Waals surface area contributed by atoms with E-state index < -0.39 is 12.7 Å². The first-order valence-corrected chi connectivity index (χ1v) is 6.77. The normalized spacial score (nSPS) is 17.8. The molecule has 0 bridgehead atoms. The highest BCUT2D eigenvalue weighted by Gasteiger charge is 2.32. The van der Waals surface area contributed by atoms with E-state index in [0.717, 1.165) is 24.2 Å². The van der Waals surface area contributed by atoms with Crippen molar-refractivity contribution in [1.29, 1.82) is 0 Å². The number of carbonyl (C=O) groups is 1. The molecule has 0 heterocycles. The van der Waals surface area contributed by atoms with Gasteiger partial charge in [0.2, 0.25) is 5.91 Å². The average Bonchev–Trinajstić information content (AvgIpc) is 2.33. The van der Waals surface area contributed by atoms with E-state index in [1.165, 1.54) is 19.3 Å². The van der Waals surface area contributed by atoms with Gasteiger partial charge in [0, 0.05) is 13.0 Å². The van der Waals surface area contributed by atoms with Crippen LogP contribution in [0.25, 0.3) is 0 Å². The van der Waals surface area contributed by atoms with Crippen LogP contribution in [0.1, 0.15) is 51.9 Å². The molecule has 0 radical (unpaired) electrons. The van der Waals surface area contributed by atoms with Gasteiger partial charge in [0.05, 0.1) is 0 Å². The van der Waals surface area contributed by atoms with E-state index in [1.54, 1.807) is 6.92 Å². The Balaban J connectivity index is 2.32. The molecule has 106 valence electrons. The first-order valence-electron chi connectivity index (χ1n) is 6.77. The van der Waals surface area contributed by atoms with Crippen molar-refractivity contribution in [3.8, 4) is 0 Å². The molecular weight excluding hydrogens is 243 g/mol. The lowest BCUT2D eigenvalue weighted by Gasteiger charge is -2.25. The Bertz CT molecular complexity index is 259. The van der Waals surface area contributed by atoms with Gasteiger partial charge < -0.3 is 4.90 Å². The van der Waals surface area contributed by atoms with Gasteiger partial charge in [-0.3, -0.25) is 4.79 Å². The number of alkyl halides is 3. The number of carbonyl (C=O) groups excluding carboxylic acids is 1. The van der Waals surface area contributed by atoms with Crippen LogP contribution >= 0.6 is 0 Å². The van der Waals surface area contributed by atoms with Crippen LogP contribution in [0.2, 0.25) is 0 Å². The van der Waals surface area contributed by atoms with Crippen LogP contribution in [0.3, 0.4) is 0 Å². The maximum atomic E-state index is 12.3. The summed E-state index contributed by atoms with van der Waals surface area (Å²) in [6, 6.07) is 0. The molecule has 0 spiro atoms. The number of hydrogen-bond acceptors (Lipinski definition) is 1. The quantitative estimate of drug-likeness (QED) is 0.741. The van der Waals surface area contributed by atoms with E-state index in [1.807, 2.05) is 0 Å². The van der Waals surface area contributed by atoms with Gasteiger partial charge in [-0.15, -0.1) is 0 Å². The molecule has 1 aliphatic rings. The Morgan fingerprint density at radius 3 is 2.33 bits per heavy atom. The highest BCUT2D eigenvalue weighted by molar-refractivity contribution is 5.76. The van der Waals surface area contributed by atoms with Crippen molar-refractivity contribution < 1.29 is 18.0 Å². The molecule has 0 unspecified atom stereocenters. The fourth-order valence-electron chi connectivity index (χ4n) is 2.55. The second kappa shape index (κ2) is 7.00. The molecule has 18 heavy (non-hydrogen) atoms. The Hall–Kier alpha value is -0.740. The van der Waals surface area contributed by atoms with Gasteiger partial charge in [-0.1, -0.05) is 32.1 Å². The second-order valence-corrected chi connectivity index (χ2v) is 5.07. The minimum absolute atomic E-state index is 0.128. The molecule has 0 atom stereocenters. The molecule has 1 amide bonds. The highest BCUT2D eigenvalue weighted by atomic mass is 19.4. The number of halogens is 3. The average molecular weight is 265 g/mol. The first kappa shape index (κ1) is 15.3. The fourth-order valence-corrected chi connectivity index (χ4v) is 2.55. The largest absolute Gasteiger partial charge is 0.406 e. The Morgan fingerprint density at radius 1 is 1.22 bits per heavy atom. The minimum Gasteiger partial charge on any atom is -0.334 e. The lowest BCUT2D eigenvalue weighted by molar-refractivity contribution is -0.161. The molecule has 1 fully saturated rings. The van der Waals surface area contributed by atoms with Crippen LogP contribution in [0.5, 0.6) is 0 Å². The van der Waals surface area contributed by atoms with E-state index in [2.05, 4.69) is 0 Å². The van der Waals surface area contributed by atoms with Crippen molar-refractivity contribution >= 4 is 5.91 Å². The van der Waals surface area contributed by atoms with Crippen molar-refractivity contribution in [3.05, 3.63) is 0 Å². The van der Waals surface area contributed by atoms with Crippen molar-refractivity contribution in [1.82, 2.24) is 4.90 Å². The summed E-state index contributed by atoms with van der Waals surface area (Å²) in [6.45, 7) is 0.597. The monoisotopic (exact) mass is 265 g/mol. The third kappa shape index (κ3) is 5.74. The highest BCUT2D eigenvalue weighted by Crippen LogP contribution is 2.27. The molecule has 0 aromatic carbocycles. The second-order valence-electron chi connectivity index (χ2n) is 5.07. The van der Waals surface area contributed by atoms with Gasteiger partial charge in [0.1, 0.15) is 6.54 Å². The van der Waals surface area contributed by atoms with E-state index in [9.17, 15) is 18.0 Å². The number of hydrogen-bond donors (Lipinski definition) is 0. The smallest absolute Gasteiger partial charge is 0.334 e. The number of amides is 1. The maximum absolute atomic E-state index is 12.3. The Labute approximate surface area is 107 Å². The molecule has 0 N–H and O–H groups in total. The van der Waals surface area contributed by atoms with Gasteiger partial charge in [-0.2, -0.15) is 13.2 Å². The van der Waals surface area contributed by atoms with Gasteiger partial charge >= 0.3 is 6.18 Å². The third-order valence-corrected chi connectivity index (χ3v) is 3.60. The van der Waals surface area contributed by atoms with Gasteiger partial charge in [-0.05, 0) is 19.3 Å². The summed E-state index contributed by atoms with van der Waals surface area (Å²) in [4.78, 5) is 12.6. The molecule has 0 aliphatic heterocycles. The van der Waals surface area contributed by atoms with Crippen molar-refractivity contribution in [2.45, 2.75) is 58.0 Å². The number of nitrogens with zero attached hydrogens (tertiary/aromatic N) is 1. The van der Waals surface area contributed by atoms with Crippen LogP contribution in [0.15, 0.2) is 0 Å². The zero-order chi connectivity index (χ0) is 13.6. The summed E-state index contributed by atoms with van der Waals surface area (Å²) in [7, 11) is 0. The van der Waals surface area contributed by atoms with E-state index in [4.69, 9.17) is 0 Å². The molecule has 2 nitrogen and oxygen atoms in total. The molecule has 1 rings (SSSR count). The van der Waals surface area contributed by atoms with Crippen molar-refractivity contribution in [3.63, 3.8) is 0 Å². The van der Waals surface area contributed by atoms with Crippen LogP contribution in [0, 0.1) is 5.92 Å². The summed E-state index contributed by atoms with van der Waals surface area (Å²) < 4.78 is 36.8. The maximum Gasteiger partial charge on any atom is 0.406 e. The topological polar surface area (TPSA) is 20.3 Å². The zero-order valence-electron chi connectivity index (χ0n) is 10.9. The lowest BCUT2D eigenvalue weighted by Crippen LogP contribution is -2.38. The van der Waals surface area contributed by atoms with Crippen LogP contribution in [-0.4, -0.2) is 30.1 Å². The van der Waals surface area contributed by atoms with Crippen molar-refractivity contribution in [2.24, 2.45) is 5.92 Å². The van der Waals surface area contributed by atoms with Crippen LogP contribution < -0.4 is 0 Å². The SMILES string of the molecule is CCN(CC(F)(F)F)C(=O)CCC1CCCCC1. The summed E-state index contributed by atoms with van der Waals surface area (Å²) in [5.41, 5.74) is 0. The summed E-state index contributed by atoms with van der Waals surface area (Å²) in [5, 5.41) is 0. The molecule has 1 saturated carbocycles. The van der Waals surface area contributed by atoms with Gasteiger partial charge in [-0.25, -0.2) is 0 Å². The number of rotatable bonds is 5. The summed E-state index contributed by atoms with van der Waals surface area (Å²) in [5.74, 6) is 0.174. The molecule has 0 aromatic rings. The van der Waals surface area contributed by atoms with Crippen molar-refractivity contribution in [2.75, 3.05) is 13.1 Å². The zero-order valence-corrected chi connectivity index (χ0v) is 10.9. The molecule has 5 heteroatoms. The lowest BCUT2D eigenvalue weighted by atomic mass is 9.86. The molecule has 0 aromatic heterocycles. The molecule has 0 saturated heterocycles. The molecular formula is C13H22F3NO. The summed E-state index contributed by atoms with van der Waals surface area (Å²) in [6.07, 6.45) is 2.59. The predicted molar refractivity (Wildman–Crippen MR) is 64.1 cm³/mol. The van der Waals surface area contributed by atoms with Crippen LogP contribution in [0.4, 0.5) is 13.2 Å². The predicted octanol–water partition coefficient (Wildman–Crippen LogP) is 3.76. The first-order chi connectivity index (χ1) is 8.42. The van der Waals surface area contributed by atoms with Crippen LogP contribution in [-0.2, 0) is 4.79 Å². The van der Waals surface area contributed by atoms with E-state index in [-0.39, 0.29) is 18.9 Å². The molecule has 1 aliphatic carbocycles. The summed E-state index contributed by atoms with van der Waals surface area (Å²) >= 11 is 0. The van der Waals surface area contributed by atoms with E-state index >= 15 is 0 Å². The van der Waals surface area contributed by atoms with Gasteiger partial charge in [0.15, 0.2) is 0 Å². The third-order valence-electron chi connectivity index (χ3n) is 3.60. The Kier molecular flexibility index (Phi) is 5.96.